The van der Waals surface area contributed by atoms with E-state index in [2.05, 4.69) is 10.3 Å². The zero-order chi connectivity index (χ0) is 20.6. The summed E-state index contributed by atoms with van der Waals surface area (Å²) in [5.41, 5.74) is 1.38. The van der Waals surface area contributed by atoms with Gasteiger partial charge in [-0.15, -0.1) is 0 Å². The fourth-order valence-electron chi connectivity index (χ4n) is 3.45. The first-order valence-electron chi connectivity index (χ1n) is 8.82. The van der Waals surface area contributed by atoms with E-state index in [0.29, 0.717) is 20.9 Å². The Balaban J connectivity index is 1.51. The van der Waals surface area contributed by atoms with Crippen LogP contribution >= 0.6 is 35.0 Å². The van der Waals surface area contributed by atoms with Crippen LogP contribution in [0, 0.1) is 0 Å². The SMILES string of the molecule is O=C(CSC1=N[C@@H]2CS(=O)(=O)C[C@H]2N1c1cccc(Cl)c1)Nc1cccc(Cl)c1. The van der Waals surface area contributed by atoms with Gasteiger partial charge in [-0.3, -0.25) is 9.79 Å². The van der Waals surface area contributed by atoms with E-state index >= 15 is 0 Å². The Morgan fingerprint density at radius 3 is 2.59 bits per heavy atom. The van der Waals surface area contributed by atoms with Crippen molar-refractivity contribution in [2.24, 2.45) is 4.99 Å². The highest BCUT2D eigenvalue weighted by Gasteiger charge is 2.47. The summed E-state index contributed by atoms with van der Waals surface area (Å²) in [7, 11) is -3.14. The Hall–Kier alpha value is -1.74. The number of nitrogens with one attached hydrogen (secondary N) is 1. The molecule has 2 aliphatic rings. The third kappa shape index (κ3) is 4.71. The van der Waals surface area contributed by atoms with Crippen molar-refractivity contribution in [1.29, 1.82) is 0 Å². The lowest BCUT2D eigenvalue weighted by Gasteiger charge is -2.26. The van der Waals surface area contributed by atoms with E-state index in [4.69, 9.17) is 23.2 Å². The quantitative estimate of drug-likeness (QED) is 0.737. The van der Waals surface area contributed by atoms with E-state index in [1.165, 1.54) is 11.8 Å². The molecule has 2 aromatic carbocycles. The number of nitrogens with zero attached hydrogens (tertiary/aromatic N) is 2. The molecular weight excluding hydrogens is 453 g/mol. The molecule has 0 aromatic heterocycles. The first kappa shape index (κ1) is 20.5. The standard InChI is InChI=1S/C19H17Cl2N3O3S2/c20-12-3-1-5-14(7-12)22-18(25)9-28-19-23-16-10-29(26,27)11-17(16)24(19)15-6-2-4-13(21)8-15/h1-8,16-17H,9-11H2,(H,22,25)/t16-,17-/m1/s1. The minimum absolute atomic E-state index is 0.0213. The maximum absolute atomic E-state index is 12.4. The third-order valence-corrected chi connectivity index (χ3v) is 7.77. The molecule has 1 amide bonds. The fourth-order valence-corrected chi connectivity index (χ4v) is 6.60. The number of halogens is 2. The minimum atomic E-state index is -3.14. The van der Waals surface area contributed by atoms with Gasteiger partial charge in [-0.1, -0.05) is 47.1 Å². The Morgan fingerprint density at radius 1 is 1.14 bits per heavy atom. The summed E-state index contributed by atoms with van der Waals surface area (Å²) >= 11 is 13.4. The fraction of sp³-hybridized carbons (Fsp3) is 0.263. The maximum atomic E-state index is 12.4. The first-order chi connectivity index (χ1) is 13.8. The van der Waals surface area contributed by atoms with Crippen molar-refractivity contribution in [2.75, 3.05) is 27.5 Å². The largest absolute Gasteiger partial charge is 0.325 e. The zero-order valence-electron chi connectivity index (χ0n) is 15.1. The molecule has 0 saturated carbocycles. The number of carbonyl (C=O) groups is 1. The van der Waals surface area contributed by atoms with Gasteiger partial charge in [0, 0.05) is 21.4 Å². The van der Waals surface area contributed by atoms with Crippen LogP contribution in [-0.4, -0.2) is 48.8 Å². The second kappa shape index (κ2) is 8.18. The molecule has 0 unspecified atom stereocenters. The summed E-state index contributed by atoms with van der Waals surface area (Å²) < 4.78 is 24.2. The lowest BCUT2D eigenvalue weighted by Crippen LogP contribution is -2.39. The number of aliphatic imine (C=N–C) groups is 1. The van der Waals surface area contributed by atoms with Crippen molar-refractivity contribution < 1.29 is 13.2 Å². The second-order valence-electron chi connectivity index (χ2n) is 6.82. The van der Waals surface area contributed by atoms with Crippen molar-refractivity contribution in [3.05, 3.63) is 58.6 Å². The molecule has 0 aliphatic carbocycles. The smallest absolute Gasteiger partial charge is 0.234 e. The first-order valence-corrected chi connectivity index (χ1v) is 12.4. The summed E-state index contributed by atoms with van der Waals surface area (Å²) in [6, 6.07) is 13.5. The van der Waals surface area contributed by atoms with Crippen molar-refractivity contribution in [1.82, 2.24) is 0 Å². The van der Waals surface area contributed by atoms with Gasteiger partial charge in [-0.25, -0.2) is 8.42 Å². The van der Waals surface area contributed by atoms with Crippen molar-refractivity contribution in [2.45, 2.75) is 12.1 Å². The lowest BCUT2D eigenvalue weighted by molar-refractivity contribution is -0.113. The van der Waals surface area contributed by atoms with E-state index in [1.807, 2.05) is 17.0 Å². The molecule has 0 bridgehead atoms. The van der Waals surface area contributed by atoms with Gasteiger partial charge in [0.15, 0.2) is 15.0 Å². The van der Waals surface area contributed by atoms with Gasteiger partial charge in [0.2, 0.25) is 5.91 Å². The number of anilines is 2. The molecule has 29 heavy (non-hydrogen) atoms. The molecule has 1 N–H and O–H groups in total. The molecule has 10 heteroatoms. The molecule has 1 fully saturated rings. The van der Waals surface area contributed by atoms with E-state index in [1.54, 1.807) is 36.4 Å². The molecule has 2 aliphatic heterocycles. The molecule has 1 saturated heterocycles. The summed E-state index contributed by atoms with van der Waals surface area (Å²) in [6.07, 6.45) is 0. The van der Waals surface area contributed by atoms with Crippen LogP contribution in [-0.2, 0) is 14.6 Å². The third-order valence-electron chi connectivity index (χ3n) is 4.63. The average molecular weight is 470 g/mol. The number of amides is 1. The molecule has 2 aromatic rings. The molecule has 0 radical (unpaired) electrons. The summed E-state index contributed by atoms with van der Waals surface area (Å²) in [6.45, 7) is 0. The normalized spacial score (nSPS) is 22.3. The monoisotopic (exact) mass is 469 g/mol. The number of hydrogen-bond acceptors (Lipinski definition) is 6. The van der Waals surface area contributed by atoms with Crippen LogP contribution in [0.4, 0.5) is 11.4 Å². The van der Waals surface area contributed by atoms with E-state index in [0.717, 1.165) is 5.69 Å². The van der Waals surface area contributed by atoms with Crippen LogP contribution in [0.1, 0.15) is 0 Å². The number of amidine groups is 1. The molecule has 2 atom stereocenters. The van der Waals surface area contributed by atoms with Crippen LogP contribution in [0.25, 0.3) is 0 Å². The Labute approximate surface area is 183 Å². The van der Waals surface area contributed by atoms with E-state index in [-0.39, 0.29) is 35.2 Å². The van der Waals surface area contributed by atoms with Gasteiger partial charge in [0.25, 0.3) is 0 Å². The van der Waals surface area contributed by atoms with Crippen molar-refractivity contribution in [3.63, 3.8) is 0 Å². The van der Waals surface area contributed by atoms with Gasteiger partial charge in [-0.2, -0.15) is 0 Å². The predicted octanol–water partition coefficient (Wildman–Crippen LogP) is 3.71. The average Bonchev–Trinajstić information content (AvgIpc) is 3.11. The van der Waals surface area contributed by atoms with E-state index < -0.39 is 9.84 Å². The lowest BCUT2D eigenvalue weighted by atomic mass is 10.1. The Bertz CT molecular complexity index is 1090. The summed E-state index contributed by atoms with van der Waals surface area (Å²) in [5, 5.41) is 4.51. The zero-order valence-corrected chi connectivity index (χ0v) is 18.2. The van der Waals surface area contributed by atoms with Crippen LogP contribution in [0.3, 0.4) is 0 Å². The highest BCUT2D eigenvalue weighted by atomic mass is 35.5. The number of thioether (sulfide) groups is 1. The van der Waals surface area contributed by atoms with Crippen LogP contribution in [0.15, 0.2) is 53.5 Å². The molecule has 6 nitrogen and oxygen atoms in total. The van der Waals surface area contributed by atoms with Crippen molar-refractivity contribution in [3.8, 4) is 0 Å². The van der Waals surface area contributed by atoms with Crippen molar-refractivity contribution >= 4 is 67.3 Å². The number of carbonyl (C=O) groups excluding carboxylic acids is 1. The molecule has 152 valence electrons. The Morgan fingerprint density at radius 2 is 1.86 bits per heavy atom. The topological polar surface area (TPSA) is 78.8 Å². The highest BCUT2D eigenvalue weighted by molar-refractivity contribution is 8.14. The summed E-state index contributed by atoms with van der Waals surface area (Å²) in [5.74, 6) is -0.00939. The van der Waals surface area contributed by atoms with Gasteiger partial charge in [0.1, 0.15) is 0 Å². The Kier molecular flexibility index (Phi) is 5.79. The van der Waals surface area contributed by atoms with Crippen LogP contribution in [0.5, 0.6) is 0 Å². The number of fused-ring (bicyclic) bond motifs is 1. The van der Waals surface area contributed by atoms with Gasteiger partial charge >= 0.3 is 0 Å². The van der Waals surface area contributed by atoms with E-state index in [9.17, 15) is 13.2 Å². The number of hydrogen-bond donors (Lipinski definition) is 1. The number of rotatable bonds is 4. The summed E-state index contributed by atoms with van der Waals surface area (Å²) in [4.78, 5) is 18.9. The molecular formula is C19H17Cl2N3O3S2. The molecule has 2 heterocycles. The van der Waals surface area contributed by atoms with Crippen LogP contribution < -0.4 is 10.2 Å². The second-order valence-corrected chi connectivity index (χ2v) is 10.8. The van der Waals surface area contributed by atoms with Gasteiger partial charge < -0.3 is 10.2 Å². The van der Waals surface area contributed by atoms with Crippen LogP contribution in [0.2, 0.25) is 10.0 Å². The minimum Gasteiger partial charge on any atom is -0.325 e. The number of benzene rings is 2. The predicted molar refractivity (Wildman–Crippen MR) is 120 cm³/mol. The number of sulfone groups is 1. The molecule has 0 spiro atoms. The van der Waals surface area contributed by atoms with Gasteiger partial charge in [-0.05, 0) is 36.4 Å². The maximum Gasteiger partial charge on any atom is 0.234 e. The van der Waals surface area contributed by atoms with Gasteiger partial charge in [0.05, 0.1) is 29.3 Å². The molecule has 4 rings (SSSR count). The highest BCUT2D eigenvalue weighted by Crippen LogP contribution is 2.36.